The van der Waals surface area contributed by atoms with E-state index in [-0.39, 0.29) is 0 Å². The molecular weight excluding hydrogens is 250 g/mol. The molecule has 0 aromatic heterocycles. The molecular formula is C17H21NO2. The average molecular weight is 271 g/mol. The smallest absolute Gasteiger partial charge is 0.169 e. The standard InChI is InChI=1S/C17H21NO2/c1-4-13-7-8-15(17(9-13)19-3)20-16-10-14(11-18)6-5-12(16)2/h5-10H,4,11,18H2,1-3H3. The summed E-state index contributed by atoms with van der Waals surface area (Å²) in [5, 5.41) is 0. The number of nitrogens with two attached hydrogens (primary N) is 1. The monoisotopic (exact) mass is 271 g/mol. The summed E-state index contributed by atoms with van der Waals surface area (Å²) in [6.07, 6.45) is 0.971. The molecule has 0 saturated heterocycles. The number of hydrogen-bond donors (Lipinski definition) is 1. The molecule has 2 N–H and O–H groups in total. The molecule has 2 rings (SSSR count). The summed E-state index contributed by atoms with van der Waals surface area (Å²) in [7, 11) is 1.66. The van der Waals surface area contributed by atoms with Gasteiger partial charge in [0.15, 0.2) is 11.5 Å². The van der Waals surface area contributed by atoms with Gasteiger partial charge in [-0.25, -0.2) is 0 Å². The molecule has 0 fully saturated rings. The third kappa shape index (κ3) is 3.11. The molecule has 0 saturated carbocycles. The number of benzene rings is 2. The molecule has 3 heteroatoms. The molecule has 0 aliphatic carbocycles. The number of aryl methyl sites for hydroxylation is 2. The zero-order valence-corrected chi connectivity index (χ0v) is 12.3. The first-order valence-corrected chi connectivity index (χ1v) is 6.82. The average Bonchev–Trinajstić information content (AvgIpc) is 2.49. The van der Waals surface area contributed by atoms with E-state index < -0.39 is 0 Å². The Hall–Kier alpha value is -2.00. The van der Waals surface area contributed by atoms with E-state index in [2.05, 4.69) is 13.0 Å². The van der Waals surface area contributed by atoms with Crippen LogP contribution in [0.25, 0.3) is 0 Å². The lowest BCUT2D eigenvalue weighted by molar-refractivity contribution is 0.377. The van der Waals surface area contributed by atoms with Gasteiger partial charge in [-0.3, -0.25) is 0 Å². The van der Waals surface area contributed by atoms with E-state index in [0.29, 0.717) is 6.54 Å². The molecule has 2 aromatic rings. The number of methoxy groups -OCH3 is 1. The molecule has 20 heavy (non-hydrogen) atoms. The Morgan fingerprint density at radius 3 is 2.30 bits per heavy atom. The highest BCUT2D eigenvalue weighted by Gasteiger charge is 2.09. The van der Waals surface area contributed by atoms with Gasteiger partial charge in [-0.15, -0.1) is 0 Å². The SMILES string of the molecule is CCc1ccc(Oc2cc(CN)ccc2C)c(OC)c1. The van der Waals surface area contributed by atoms with E-state index >= 15 is 0 Å². The number of ether oxygens (including phenoxy) is 2. The number of rotatable bonds is 5. The molecule has 0 aliphatic heterocycles. The van der Waals surface area contributed by atoms with Crippen LogP contribution in [0.5, 0.6) is 17.2 Å². The van der Waals surface area contributed by atoms with Crippen molar-refractivity contribution in [2.75, 3.05) is 7.11 Å². The van der Waals surface area contributed by atoms with Gasteiger partial charge in [0.05, 0.1) is 7.11 Å². The Bertz CT molecular complexity index is 594. The summed E-state index contributed by atoms with van der Waals surface area (Å²) >= 11 is 0. The lowest BCUT2D eigenvalue weighted by Gasteiger charge is -2.14. The quantitative estimate of drug-likeness (QED) is 0.899. The molecule has 0 aliphatic rings. The van der Waals surface area contributed by atoms with Gasteiger partial charge < -0.3 is 15.2 Å². The molecule has 0 atom stereocenters. The lowest BCUT2D eigenvalue weighted by atomic mass is 10.1. The summed E-state index contributed by atoms with van der Waals surface area (Å²) in [6.45, 7) is 4.63. The van der Waals surface area contributed by atoms with Gasteiger partial charge in [-0.2, -0.15) is 0 Å². The predicted octanol–water partition coefficient (Wildman–Crippen LogP) is 3.82. The number of hydrogen-bond acceptors (Lipinski definition) is 3. The summed E-state index contributed by atoms with van der Waals surface area (Å²) in [5.74, 6) is 2.29. The molecule has 0 bridgehead atoms. The second-order valence-corrected chi connectivity index (χ2v) is 4.74. The lowest BCUT2D eigenvalue weighted by Crippen LogP contribution is -1.98. The Balaban J connectivity index is 2.34. The van der Waals surface area contributed by atoms with Crippen LogP contribution in [0.2, 0.25) is 0 Å². The molecule has 0 amide bonds. The molecule has 0 radical (unpaired) electrons. The van der Waals surface area contributed by atoms with Gasteiger partial charge in [-0.05, 0) is 48.2 Å². The Morgan fingerprint density at radius 1 is 0.950 bits per heavy atom. The van der Waals surface area contributed by atoms with Gasteiger partial charge in [0, 0.05) is 6.54 Å². The molecule has 3 nitrogen and oxygen atoms in total. The Morgan fingerprint density at radius 2 is 1.65 bits per heavy atom. The van der Waals surface area contributed by atoms with Crippen molar-refractivity contribution in [3.8, 4) is 17.2 Å². The van der Waals surface area contributed by atoms with Gasteiger partial charge in [0.2, 0.25) is 0 Å². The topological polar surface area (TPSA) is 44.5 Å². The van der Waals surface area contributed by atoms with E-state index in [1.54, 1.807) is 7.11 Å². The van der Waals surface area contributed by atoms with Crippen LogP contribution < -0.4 is 15.2 Å². The summed E-state index contributed by atoms with van der Waals surface area (Å²) in [4.78, 5) is 0. The summed E-state index contributed by atoms with van der Waals surface area (Å²) < 4.78 is 11.4. The van der Waals surface area contributed by atoms with E-state index in [4.69, 9.17) is 15.2 Å². The van der Waals surface area contributed by atoms with Crippen molar-refractivity contribution in [3.05, 3.63) is 53.1 Å². The van der Waals surface area contributed by atoms with Crippen molar-refractivity contribution in [3.63, 3.8) is 0 Å². The molecule has 0 spiro atoms. The Labute approximate surface area is 120 Å². The van der Waals surface area contributed by atoms with Gasteiger partial charge in [0.1, 0.15) is 5.75 Å². The van der Waals surface area contributed by atoms with Crippen molar-refractivity contribution < 1.29 is 9.47 Å². The second kappa shape index (κ2) is 6.44. The van der Waals surface area contributed by atoms with Gasteiger partial charge in [0.25, 0.3) is 0 Å². The molecule has 0 heterocycles. The first-order valence-electron chi connectivity index (χ1n) is 6.82. The third-order valence-corrected chi connectivity index (χ3v) is 3.34. The van der Waals surface area contributed by atoms with Crippen molar-refractivity contribution in [2.45, 2.75) is 26.8 Å². The van der Waals surface area contributed by atoms with Crippen LogP contribution in [0.1, 0.15) is 23.6 Å². The fourth-order valence-corrected chi connectivity index (χ4v) is 2.02. The predicted molar refractivity (Wildman–Crippen MR) is 81.5 cm³/mol. The van der Waals surface area contributed by atoms with Crippen molar-refractivity contribution in [1.29, 1.82) is 0 Å². The molecule has 2 aromatic carbocycles. The van der Waals surface area contributed by atoms with Gasteiger partial charge >= 0.3 is 0 Å². The third-order valence-electron chi connectivity index (χ3n) is 3.34. The molecule has 106 valence electrons. The van der Waals surface area contributed by atoms with Crippen LogP contribution in [0.15, 0.2) is 36.4 Å². The van der Waals surface area contributed by atoms with Crippen LogP contribution in [-0.2, 0) is 13.0 Å². The molecule has 0 unspecified atom stereocenters. The maximum absolute atomic E-state index is 5.99. The maximum Gasteiger partial charge on any atom is 0.169 e. The Kier molecular flexibility index (Phi) is 4.64. The second-order valence-electron chi connectivity index (χ2n) is 4.74. The van der Waals surface area contributed by atoms with E-state index in [1.165, 1.54) is 5.56 Å². The minimum absolute atomic E-state index is 0.503. The van der Waals surface area contributed by atoms with Crippen LogP contribution >= 0.6 is 0 Å². The minimum Gasteiger partial charge on any atom is -0.493 e. The normalized spacial score (nSPS) is 10.4. The van der Waals surface area contributed by atoms with Gasteiger partial charge in [-0.1, -0.05) is 25.1 Å². The zero-order valence-electron chi connectivity index (χ0n) is 12.3. The van der Waals surface area contributed by atoms with Crippen LogP contribution in [0.4, 0.5) is 0 Å². The highest BCUT2D eigenvalue weighted by Crippen LogP contribution is 2.34. The first-order chi connectivity index (χ1) is 9.67. The van der Waals surface area contributed by atoms with E-state index in [1.807, 2.05) is 37.3 Å². The van der Waals surface area contributed by atoms with Crippen LogP contribution in [0, 0.1) is 6.92 Å². The van der Waals surface area contributed by atoms with Crippen molar-refractivity contribution in [1.82, 2.24) is 0 Å². The summed E-state index contributed by atoms with van der Waals surface area (Å²) in [6, 6.07) is 12.0. The zero-order chi connectivity index (χ0) is 14.5. The fourth-order valence-electron chi connectivity index (χ4n) is 2.02. The van der Waals surface area contributed by atoms with Crippen molar-refractivity contribution in [2.24, 2.45) is 5.73 Å². The summed E-state index contributed by atoms with van der Waals surface area (Å²) in [5.41, 5.74) is 9.02. The van der Waals surface area contributed by atoms with Crippen LogP contribution in [0.3, 0.4) is 0 Å². The van der Waals surface area contributed by atoms with Crippen molar-refractivity contribution >= 4 is 0 Å². The fraction of sp³-hybridized carbons (Fsp3) is 0.294. The van der Waals surface area contributed by atoms with Crippen LogP contribution in [-0.4, -0.2) is 7.11 Å². The van der Waals surface area contributed by atoms with E-state index in [0.717, 1.165) is 34.8 Å². The van der Waals surface area contributed by atoms with E-state index in [9.17, 15) is 0 Å². The first kappa shape index (κ1) is 14.4. The largest absolute Gasteiger partial charge is 0.493 e. The highest BCUT2D eigenvalue weighted by atomic mass is 16.5. The maximum atomic E-state index is 5.99. The highest BCUT2D eigenvalue weighted by molar-refractivity contribution is 5.47. The minimum atomic E-state index is 0.503.